The Hall–Kier alpha value is -5.08. The molecule has 39 heavy (non-hydrogen) atoms. The van der Waals surface area contributed by atoms with Gasteiger partial charge in [-0.3, -0.25) is 14.4 Å². The van der Waals surface area contributed by atoms with Crippen LogP contribution >= 0.6 is 0 Å². The number of fused-ring (bicyclic) bond motifs is 1. The maximum absolute atomic E-state index is 13.0. The number of aromatic nitrogens is 2. The van der Waals surface area contributed by atoms with Crippen LogP contribution in [0.5, 0.6) is 0 Å². The number of nitrogens with zero attached hydrogens (tertiary/aromatic N) is 3. The lowest BCUT2D eigenvalue weighted by atomic mass is 10.1. The van der Waals surface area contributed by atoms with E-state index in [0.717, 1.165) is 38.5 Å². The molecule has 8 heteroatoms. The highest BCUT2D eigenvalue weighted by Crippen LogP contribution is 2.28. The largest absolute Gasteiger partial charge is 0.324 e. The minimum Gasteiger partial charge on any atom is -0.324 e. The summed E-state index contributed by atoms with van der Waals surface area (Å²) in [5, 5.41) is 8.26. The zero-order valence-corrected chi connectivity index (χ0v) is 21.8. The summed E-state index contributed by atoms with van der Waals surface area (Å²) in [6, 6.07) is 30.0. The molecule has 0 bridgehead atoms. The highest BCUT2D eigenvalue weighted by molar-refractivity contribution is 6.05. The first-order valence-electron chi connectivity index (χ1n) is 12.4. The van der Waals surface area contributed by atoms with E-state index in [4.69, 9.17) is 9.82 Å². The fourth-order valence-corrected chi connectivity index (χ4v) is 4.13. The van der Waals surface area contributed by atoms with Gasteiger partial charge >= 0.3 is 0 Å². The number of rotatable bonds is 7. The lowest BCUT2D eigenvalue weighted by Crippen LogP contribution is -2.25. The summed E-state index contributed by atoms with van der Waals surface area (Å²) in [7, 11) is 2.95. The monoisotopic (exact) mass is 517 g/mol. The van der Waals surface area contributed by atoms with Crippen LogP contribution in [0, 0.1) is 6.92 Å². The molecule has 4 aromatic carbocycles. The standard InChI is InChI=1S/C31H27N5O3/c1-20-13-14-23(30(38)36(2)39-3)19-27(20)33-29(37)22-15-17-24(18-16-22)32-31-34-26-12-8-7-11-25(26)28(35-31)21-9-5-4-6-10-21/h4-19H,1-3H3,(H,33,37)(H,32,34,35). The van der Waals surface area contributed by atoms with Crippen molar-refractivity contribution in [2.24, 2.45) is 0 Å². The van der Waals surface area contributed by atoms with E-state index in [2.05, 4.69) is 15.6 Å². The van der Waals surface area contributed by atoms with Gasteiger partial charge in [0, 0.05) is 40.5 Å². The number of carbonyl (C=O) groups excluding carboxylic acids is 2. The Morgan fingerprint density at radius 1 is 0.821 bits per heavy atom. The molecule has 0 aliphatic carbocycles. The number of para-hydroxylation sites is 1. The van der Waals surface area contributed by atoms with Gasteiger partial charge in [-0.2, -0.15) is 0 Å². The number of carbonyl (C=O) groups is 2. The molecule has 1 heterocycles. The maximum atomic E-state index is 13.0. The van der Waals surface area contributed by atoms with Gasteiger partial charge < -0.3 is 10.6 Å². The molecule has 1 aromatic heterocycles. The number of hydroxylamine groups is 2. The van der Waals surface area contributed by atoms with Gasteiger partial charge in [0.05, 0.1) is 18.3 Å². The molecule has 5 rings (SSSR count). The van der Waals surface area contributed by atoms with Crippen molar-refractivity contribution in [3.8, 4) is 11.3 Å². The SMILES string of the molecule is CON(C)C(=O)c1ccc(C)c(NC(=O)c2ccc(Nc3nc(-c4ccccc4)c4ccccc4n3)cc2)c1. The number of nitrogens with one attached hydrogen (secondary N) is 2. The third-order valence-corrected chi connectivity index (χ3v) is 6.35. The van der Waals surface area contributed by atoms with E-state index in [1.807, 2.05) is 61.5 Å². The summed E-state index contributed by atoms with van der Waals surface area (Å²) in [6.07, 6.45) is 0. The Morgan fingerprint density at radius 2 is 1.51 bits per heavy atom. The van der Waals surface area contributed by atoms with Gasteiger partial charge in [0.25, 0.3) is 11.8 Å². The Labute approximate surface area is 226 Å². The van der Waals surface area contributed by atoms with Gasteiger partial charge in [-0.1, -0.05) is 54.6 Å². The molecule has 0 atom stereocenters. The molecule has 0 unspecified atom stereocenters. The van der Waals surface area contributed by atoms with Crippen LogP contribution in [0.25, 0.3) is 22.2 Å². The molecule has 0 aliphatic heterocycles. The summed E-state index contributed by atoms with van der Waals surface area (Å²) in [5.41, 5.74) is 5.68. The zero-order chi connectivity index (χ0) is 27.4. The fourth-order valence-electron chi connectivity index (χ4n) is 4.13. The van der Waals surface area contributed by atoms with E-state index in [1.165, 1.54) is 14.2 Å². The summed E-state index contributed by atoms with van der Waals surface area (Å²) >= 11 is 0. The first-order chi connectivity index (χ1) is 18.9. The Kier molecular flexibility index (Phi) is 7.29. The van der Waals surface area contributed by atoms with Crippen LogP contribution in [0.3, 0.4) is 0 Å². The van der Waals surface area contributed by atoms with Crippen LogP contribution in [0.2, 0.25) is 0 Å². The normalized spacial score (nSPS) is 10.7. The molecule has 0 saturated heterocycles. The van der Waals surface area contributed by atoms with Crippen molar-refractivity contribution >= 4 is 40.0 Å². The average molecular weight is 518 g/mol. The quantitative estimate of drug-likeness (QED) is 0.248. The van der Waals surface area contributed by atoms with E-state index in [-0.39, 0.29) is 11.8 Å². The fraction of sp³-hybridized carbons (Fsp3) is 0.0968. The molecule has 5 aromatic rings. The minimum atomic E-state index is -0.310. The van der Waals surface area contributed by atoms with Gasteiger partial charge in [-0.05, 0) is 55.0 Å². The lowest BCUT2D eigenvalue weighted by molar-refractivity contribution is -0.0756. The van der Waals surface area contributed by atoms with E-state index in [0.29, 0.717) is 22.8 Å². The number of hydrogen-bond acceptors (Lipinski definition) is 6. The smallest absolute Gasteiger partial charge is 0.277 e. The number of anilines is 3. The molecule has 0 fully saturated rings. The van der Waals surface area contributed by atoms with Crippen LogP contribution in [0.1, 0.15) is 26.3 Å². The molecule has 194 valence electrons. The topological polar surface area (TPSA) is 96.5 Å². The third-order valence-electron chi connectivity index (χ3n) is 6.35. The number of amides is 2. The van der Waals surface area contributed by atoms with Gasteiger partial charge in [-0.25, -0.2) is 15.0 Å². The molecule has 0 radical (unpaired) electrons. The zero-order valence-electron chi connectivity index (χ0n) is 21.8. The summed E-state index contributed by atoms with van der Waals surface area (Å²) in [4.78, 5) is 39.8. The van der Waals surface area contributed by atoms with Crippen molar-refractivity contribution in [1.29, 1.82) is 0 Å². The lowest BCUT2D eigenvalue weighted by Gasteiger charge is -2.15. The van der Waals surface area contributed by atoms with Crippen LogP contribution in [0.15, 0.2) is 97.1 Å². The van der Waals surface area contributed by atoms with Gasteiger partial charge in [0.15, 0.2) is 0 Å². The first kappa shape index (κ1) is 25.6. The van der Waals surface area contributed by atoms with Crippen molar-refractivity contribution < 1.29 is 14.4 Å². The number of benzene rings is 4. The average Bonchev–Trinajstić information content (AvgIpc) is 2.98. The van der Waals surface area contributed by atoms with Crippen molar-refractivity contribution in [3.05, 3.63) is 114 Å². The molecule has 0 saturated carbocycles. The van der Waals surface area contributed by atoms with Crippen LogP contribution in [-0.2, 0) is 4.84 Å². The minimum absolute atomic E-state index is 0.289. The molecular formula is C31H27N5O3. The third kappa shape index (κ3) is 5.61. The second kappa shape index (κ2) is 11.1. The van der Waals surface area contributed by atoms with Crippen LogP contribution < -0.4 is 10.6 Å². The highest BCUT2D eigenvalue weighted by Gasteiger charge is 2.15. The van der Waals surface area contributed by atoms with Crippen molar-refractivity contribution in [3.63, 3.8) is 0 Å². The second-order valence-corrected chi connectivity index (χ2v) is 8.95. The van der Waals surface area contributed by atoms with E-state index in [9.17, 15) is 9.59 Å². The molecule has 0 aliphatic rings. The first-order valence-corrected chi connectivity index (χ1v) is 12.4. The molecular weight excluding hydrogens is 490 g/mol. The van der Waals surface area contributed by atoms with Crippen LogP contribution in [0.4, 0.5) is 17.3 Å². The maximum Gasteiger partial charge on any atom is 0.277 e. The summed E-state index contributed by atoms with van der Waals surface area (Å²) in [5.74, 6) is -0.139. The Balaban J connectivity index is 1.35. The summed E-state index contributed by atoms with van der Waals surface area (Å²) in [6.45, 7) is 1.87. The molecule has 8 nitrogen and oxygen atoms in total. The van der Waals surface area contributed by atoms with Crippen molar-refractivity contribution in [1.82, 2.24) is 15.0 Å². The number of aryl methyl sites for hydroxylation is 1. The van der Waals surface area contributed by atoms with Crippen molar-refractivity contribution in [2.75, 3.05) is 24.8 Å². The van der Waals surface area contributed by atoms with E-state index in [1.54, 1.807) is 42.5 Å². The van der Waals surface area contributed by atoms with Gasteiger partial charge in [0.2, 0.25) is 5.95 Å². The predicted octanol–water partition coefficient (Wildman–Crippen LogP) is 6.23. The highest BCUT2D eigenvalue weighted by atomic mass is 16.7. The predicted molar refractivity (Wildman–Crippen MR) is 153 cm³/mol. The molecule has 0 spiro atoms. The van der Waals surface area contributed by atoms with Gasteiger partial charge in [-0.15, -0.1) is 0 Å². The number of hydrogen-bond donors (Lipinski definition) is 2. The molecule has 2 amide bonds. The van der Waals surface area contributed by atoms with E-state index >= 15 is 0 Å². The van der Waals surface area contributed by atoms with Gasteiger partial charge in [0.1, 0.15) is 0 Å². The molecule has 2 N–H and O–H groups in total. The van der Waals surface area contributed by atoms with Crippen molar-refractivity contribution in [2.45, 2.75) is 6.92 Å². The second-order valence-electron chi connectivity index (χ2n) is 8.95. The summed E-state index contributed by atoms with van der Waals surface area (Å²) < 4.78 is 0. The Bertz CT molecular complexity index is 1650. The van der Waals surface area contributed by atoms with Crippen LogP contribution in [-0.4, -0.2) is 41.0 Å². The Morgan fingerprint density at radius 3 is 2.26 bits per heavy atom. The van der Waals surface area contributed by atoms with E-state index < -0.39 is 0 Å².